The van der Waals surface area contributed by atoms with E-state index in [1.54, 1.807) is 0 Å². The fourth-order valence-electron chi connectivity index (χ4n) is 2.18. The summed E-state index contributed by atoms with van der Waals surface area (Å²) in [5.74, 6) is -0.691. The maximum atomic E-state index is 12.0. The van der Waals surface area contributed by atoms with E-state index in [1.165, 1.54) is 25.6 Å². The van der Waals surface area contributed by atoms with Crippen molar-refractivity contribution in [1.29, 1.82) is 0 Å². The SMILES string of the molecule is COC(=O)c1cc(O)c2nccnc2c1Nc1ccccc1. The van der Waals surface area contributed by atoms with Crippen LogP contribution in [0.2, 0.25) is 0 Å². The van der Waals surface area contributed by atoms with Crippen molar-refractivity contribution in [3.63, 3.8) is 0 Å². The fourth-order valence-corrected chi connectivity index (χ4v) is 2.18. The quantitative estimate of drug-likeness (QED) is 0.571. The van der Waals surface area contributed by atoms with Gasteiger partial charge in [-0.25, -0.2) is 9.78 Å². The molecule has 1 heterocycles. The van der Waals surface area contributed by atoms with Crippen molar-refractivity contribution in [2.24, 2.45) is 0 Å². The first kappa shape index (κ1) is 13.8. The minimum atomic E-state index is -0.568. The number of hydrogen-bond donors (Lipinski definition) is 2. The molecule has 22 heavy (non-hydrogen) atoms. The molecule has 0 aliphatic rings. The molecule has 0 aliphatic carbocycles. The molecule has 0 saturated heterocycles. The summed E-state index contributed by atoms with van der Waals surface area (Å²) in [7, 11) is 1.28. The summed E-state index contributed by atoms with van der Waals surface area (Å²) < 4.78 is 4.78. The molecule has 6 nitrogen and oxygen atoms in total. The third-order valence-electron chi connectivity index (χ3n) is 3.18. The Hall–Kier alpha value is -3.15. The van der Waals surface area contributed by atoms with Gasteiger partial charge in [-0.2, -0.15) is 0 Å². The highest BCUT2D eigenvalue weighted by atomic mass is 16.5. The van der Waals surface area contributed by atoms with Crippen molar-refractivity contribution < 1.29 is 14.6 Å². The first-order chi connectivity index (χ1) is 10.7. The van der Waals surface area contributed by atoms with Gasteiger partial charge in [-0.3, -0.25) is 4.98 Å². The zero-order chi connectivity index (χ0) is 15.5. The molecule has 110 valence electrons. The summed E-state index contributed by atoms with van der Waals surface area (Å²) in [5.41, 5.74) is 2.13. The maximum Gasteiger partial charge on any atom is 0.340 e. The van der Waals surface area contributed by atoms with Crippen molar-refractivity contribution in [3.05, 3.63) is 54.4 Å². The van der Waals surface area contributed by atoms with Crippen molar-refractivity contribution in [1.82, 2.24) is 9.97 Å². The van der Waals surface area contributed by atoms with Crippen LogP contribution in [0.3, 0.4) is 0 Å². The molecule has 2 aromatic carbocycles. The Morgan fingerprint density at radius 3 is 2.50 bits per heavy atom. The first-order valence-electron chi connectivity index (χ1n) is 6.58. The number of hydrogen-bond acceptors (Lipinski definition) is 6. The number of aromatic hydroxyl groups is 1. The van der Waals surface area contributed by atoms with Crippen molar-refractivity contribution in [2.75, 3.05) is 12.4 Å². The lowest BCUT2D eigenvalue weighted by Gasteiger charge is -2.13. The summed E-state index contributed by atoms with van der Waals surface area (Å²) in [6.45, 7) is 0. The Balaban J connectivity index is 2.24. The van der Waals surface area contributed by atoms with Crippen LogP contribution in [-0.2, 0) is 4.74 Å². The Bertz CT molecular complexity index is 835. The number of benzene rings is 2. The highest BCUT2D eigenvalue weighted by Gasteiger charge is 2.19. The highest BCUT2D eigenvalue weighted by molar-refractivity contribution is 6.07. The molecule has 0 aliphatic heterocycles. The summed E-state index contributed by atoms with van der Waals surface area (Å²) in [6.07, 6.45) is 2.98. The molecule has 0 radical (unpaired) electrons. The number of anilines is 2. The van der Waals surface area contributed by atoms with Crippen LogP contribution < -0.4 is 5.32 Å². The number of nitrogens with zero attached hydrogens (tertiary/aromatic N) is 2. The fraction of sp³-hybridized carbons (Fsp3) is 0.0625. The number of phenolic OH excluding ortho intramolecular Hbond substituents is 1. The Labute approximate surface area is 126 Å². The summed E-state index contributed by atoms with van der Waals surface area (Å²) in [5, 5.41) is 13.2. The van der Waals surface area contributed by atoms with Crippen molar-refractivity contribution in [2.45, 2.75) is 0 Å². The summed E-state index contributed by atoms with van der Waals surface area (Å²) >= 11 is 0. The maximum absolute atomic E-state index is 12.0. The van der Waals surface area contributed by atoms with Crippen molar-refractivity contribution >= 4 is 28.4 Å². The Morgan fingerprint density at radius 1 is 1.14 bits per heavy atom. The van der Waals surface area contributed by atoms with Crippen LogP contribution in [0.5, 0.6) is 5.75 Å². The van der Waals surface area contributed by atoms with E-state index >= 15 is 0 Å². The van der Waals surface area contributed by atoms with E-state index in [2.05, 4.69) is 15.3 Å². The van der Waals surface area contributed by atoms with Gasteiger partial charge in [0.05, 0.1) is 18.4 Å². The number of nitrogens with one attached hydrogen (secondary N) is 1. The second-order valence-electron chi connectivity index (χ2n) is 4.55. The highest BCUT2D eigenvalue weighted by Crippen LogP contribution is 2.34. The van der Waals surface area contributed by atoms with Gasteiger partial charge >= 0.3 is 5.97 Å². The smallest absolute Gasteiger partial charge is 0.340 e. The number of phenols is 1. The van der Waals surface area contributed by atoms with E-state index in [1.807, 2.05) is 30.3 Å². The number of carbonyl (C=O) groups excluding carboxylic acids is 1. The molecule has 0 atom stereocenters. The number of rotatable bonds is 3. The monoisotopic (exact) mass is 295 g/mol. The van der Waals surface area contributed by atoms with Gasteiger partial charge in [0, 0.05) is 18.1 Å². The van der Waals surface area contributed by atoms with Crippen LogP contribution in [0.4, 0.5) is 11.4 Å². The van der Waals surface area contributed by atoms with Crippen LogP contribution >= 0.6 is 0 Å². The number of carbonyl (C=O) groups is 1. The minimum absolute atomic E-state index is 0.123. The molecule has 0 bridgehead atoms. The zero-order valence-electron chi connectivity index (χ0n) is 11.8. The minimum Gasteiger partial charge on any atom is -0.506 e. The molecule has 0 spiro atoms. The molecule has 0 amide bonds. The lowest BCUT2D eigenvalue weighted by atomic mass is 10.1. The standard InChI is InChI=1S/C16H13N3O3/c1-22-16(21)11-9-12(20)14-15(18-8-7-17-14)13(11)19-10-5-3-2-4-6-10/h2-9,19-20H,1H3. The van der Waals surface area contributed by atoms with Gasteiger partial charge < -0.3 is 15.2 Å². The van der Waals surface area contributed by atoms with Crippen LogP contribution in [0, 0.1) is 0 Å². The van der Waals surface area contributed by atoms with Gasteiger partial charge in [0.25, 0.3) is 0 Å². The van der Waals surface area contributed by atoms with Gasteiger partial charge in [-0.1, -0.05) is 18.2 Å². The Morgan fingerprint density at radius 2 is 1.82 bits per heavy atom. The lowest BCUT2D eigenvalue weighted by Crippen LogP contribution is -2.07. The zero-order valence-corrected chi connectivity index (χ0v) is 11.8. The molecular weight excluding hydrogens is 282 g/mol. The molecule has 0 saturated carbocycles. The largest absolute Gasteiger partial charge is 0.506 e. The number of esters is 1. The number of methoxy groups -OCH3 is 1. The number of para-hydroxylation sites is 1. The van der Waals surface area contributed by atoms with Crippen LogP contribution in [0.1, 0.15) is 10.4 Å². The topological polar surface area (TPSA) is 84.3 Å². The predicted molar refractivity (Wildman–Crippen MR) is 82.3 cm³/mol. The van der Waals surface area contributed by atoms with Gasteiger partial charge in [-0.05, 0) is 18.2 Å². The normalized spacial score (nSPS) is 10.4. The Kier molecular flexibility index (Phi) is 3.57. The van der Waals surface area contributed by atoms with Crippen LogP contribution in [-0.4, -0.2) is 28.2 Å². The van der Waals surface area contributed by atoms with E-state index in [0.29, 0.717) is 16.7 Å². The molecule has 0 fully saturated rings. The average molecular weight is 295 g/mol. The molecule has 1 aromatic heterocycles. The van der Waals surface area contributed by atoms with E-state index < -0.39 is 5.97 Å². The van der Waals surface area contributed by atoms with Crippen molar-refractivity contribution in [3.8, 4) is 5.75 Å². The molecule has 6 heteroatoms. The number of fused-ring (bicyclic) bond motifs is 1. The van der Waals surface area contributed by atoms with E-state index in [-0.39, 0.29) is 11.3 Å². The second-order valence-corrected chi connectivity index (χ2v) is 4.55. The molecule has 3 aromatic rings. The molecular formula is C16H13N3O3. The van der Waals surface area contributed by atoms with Gasteiger partial charge in [0.2, 0.25) is 0 Å². The second kappa shape index (κ2) is 5.69. The third-order valence-corrected chi connectivity index (χ3v) is 3.18. The number of aromatic nitrogens is 2. The summed E-state index contributed by atoms with van der Waals surface area (Å²) in [4.78, 5) is 20.3. The molecule has 3 rings (SSSR count). The first-order valence-corrected chi connectivity index (χ1v) is 6.58. The van der Waals surface area contributed by atoms with Gasteiger partial charge in [-0.15, -0.1) is 0 Å². The van der Waals surface area contributed by atoms with E-state index in [4.69, 9.17) is 4.74 Å². The number of ether oxygens (including phenoxy) is 1. The average Bonchev–Trinajstić information content (AvgIpc) is 2.57. The molecule has 2 N–H and O–H groups in total. The van der Waals surface area contributed by atoms with E-state index in [9.17, 15) is 9.90 Å². The predicted octanol–water partition coefficient (Wildman–Crippen LogP) is 2.87. The third kappa shape index (κ3) is 2.42. The van der Waals surface area contributed by atoms with Gasteiger partial charge in [0.15, 0.2) is 0 Å². The van der Waals surface area contributed by atoms with Gasteiger partial charge in [0.1, 0.15) is 16.8 Å². The summed E-state index contributed by atoms with van der Waals surface area (Å²) in [6, 6.07) is 10.7. The lowest BCUT2D eigenvalue weighted by molar-refractivity contribution is 0.0601. The van der Waals surface area contributed by atoms with E-state index in [0.717, 1.165) is 5.69 Å². The van der Waals surface area contributed by atoms with Crippen LogP contribution in [0.25, 0.3) is 11.0 Å². The van der Waals surface area contributed by atoms with Crippen LogP contribution in [0.15, 0.2) is 48.8 Å². The molecule has 0 unspecified atom stereocenters.